The van der Waals surface area contributed by atoms with Crippen LogP contribution in [-0.2, 0) is 6.42 Å². The van der Waals surface area contributed by atoms with Crippen molar-refractivity contribution in [2.24, 2.45) is 4.99 Å². The average molecular weight is 452 g/mol. The van der Waals surface area contributed by atoms with E-state index >= 15 is 0 Å². The van der Waals surface area contributed by atoms with Gasteiger partial charge in [0.1, 0.15) is 5.76 Å². The molecule has 1 saturated heterocycles. The molecule has 1 aliphatic rings. The molecule has 0 spiro atoms. The minimum atomic E-state index is 0. The zero-order valence-electron chi connectivity index (χ0n) is 14.6. The first-order chi connectivity index (χ1) is 10.5. The van der Waals surface area contributed by atoms with Crippen LogP contribution in [0, 0.1) is 13.8 Å². The third kappa shape index (κ3) is 6.17. The van der Waals surface area contributed by atoms with Crippen molar-refractivity contribution in [3.8, 4) is 0 Å². The Morgan fingerprint density at radius 3 is 2.74 bits per heavy atom. The van der Waals surface area contributed by atoms with Crippen molar-refractivity contribution in [1.29, 1.82) is 0 Å². The normalized spacial score (nSPS) is 21.1. The molecule has 1 unspecified atom stereocenters. The molecule has 0 amide bonds. The van der Waals surface area contributed by atoms with Crippen LogP contribution in [0.25, 0.3) is 0 Å². The Kier molecular flexibility index (Phi) is 8.74. The average Bonchev–Trinajstić information content (AvgIpc) is 3.05. The number of thioether (sulfide) groups is 1. The lowest BCUT2D eigenvalue weighted by atomic mass is 10.1. The lowest BCUT2D eigenvalue weighted by molar-refractivity contribution is 0.392. The van der Waals surface area contributed by atoms with Gasteiger partial charge in [-0.3, -0.25) is 4.99 Å². The number of nitrogens with one attached hydrogen (secondary N) is 2. The molecule has 1 atom stereocenters. The number of guanidine groups is 1. The van der Waals surface area contributed by atoms with E-state index in [4.69, 9.17) is 9.52 Å². The van der Waals surface area contributed by atoms with Gasteiger partial charge in [0, 0.05) is 23.4 Å². The summed E-state index contributed by atoms with van der Waals surface area (Å²) in [5.41, 5.74) is 2.18. The first-order valence-electron chi connectivity index (χ1n) is 8.12. The maximum atomic E-state index is 5.20. The van der Waals surface area contributed by atoms with E-state index in [1.807, 2.05) is 25.6 Å². The molecule has 7 heteroatoms. The van der Waals surface area contributed by atoms with E-state index in [1.54, 1.807) is 0 Å². The zero-order valence-corrected chi connectivity index (χ0v) is 17.7. The van der Waals surface area contributed by atoms with Crippen LogP contribution in [0.3, 0.4) is 0 Å². The van der Waals surface area contributed by atoms with E-state index in [-0.39, 0.29) is 24.0 Å². The Morgan fingerprint density at radius 2 is 2.17 bits per heavy atom. The first kappa shape index (κ1) is 20.6. The number of hydrogen-bond acceptors (Lipinski definition) is 4. The summed E-state index contributed by atoms with van der Waals surface area (Å²) in [7, 11) is 0. The number of nitrogens with zero attached hydrogens (tertiary/aromatic N) is 2. The van der Waals surface area contributed by atoms with Crippen LogP contribution in [-0.4, -0.2) is 41.3 Å². The van der Waals surface area contributed by atoms with Gasteiger partial charge in [-0.25, -0.2) is 0 Å². The molecule has 2 rings (SSSR count). The highest BCUT2D eigenvalue weighted by Gasteiger charge is 2.29. The third-order valence-corrected chi connectivity index (χ3v) is 5.59. The van der Waals surface area contributed by atoms with Crippen LogP contribution >= 0.6 is 35.7 Å². The quantitative estimate of drug-likeness (QED) is 0.394. The highest BCUT2D eigenvalue weighted by Crippen LogP contribution is 2.37. The molecule has 0 aromatic carbocycles. The maximum absolute atomic E-state index is 5.20. The van der Waals surface area contributed by atoms with Crippen molar-refractivity contribution in [3.05, 3.63) is 17.0 Å². The fourth-order valence-corrected chi connectivity index (χ4v) is 3.94. The smallest absolute Gasteiger partial charge is 0.191 e. The molecule has 5 nitrogen and oxygen atoms in total. The number of halogens is 1. The number of aliphatic imine (C=N–C) groups is 1. The van der Waals surface area contributed by atoms with E-state index in [1.165, 1.54) is 24.2 Å². The van der Waals surface area contributed by atoms with Crippen molar-refractivity contribution in [1.82, 2.24) is 15.8 Å². The second-order valence-electron chi connectivity index (χ2n) is 6.08. The number of hydrogen-bond donors (Lipinski definition) is 2. The molecular weight excluding hydrogens is 423 g/mol. The van der Waals surface area contributed by atoms with Crippen molar-refractivity contribution in [3.63, 3.8) is 0 Å². The second kappa shape index (κ2) is 9.76. The molecule has 132 valence electrons. The van der Waals surface area contributed by atoms with Gasteiger partial charge in [0.05, 0.1) is 12.2 Å². The van der Waals surface area contributed by atoms with Gasteiger partial charge < -0.3 is 15.2 Å². The number of aromatic nitrogens is 1. The summed E-state index contributed by atoms with van der Waals surface area (Å²) >= 11 is 2.05. The van der Waals surface area contributed by atoms with Gasteiger partial charge in [0.25, 0.3) is 0 Å². The molecule has 0 bridgehead atoms. The fourth-order valence-electron chi connectivity index (χ4n) is 2.71. The summed E-state index contributed by atoms with van der Waals surface area (Å²) in [6.45, 7) is 11.0. The van der Waals surface area contributed by atoms with E-state index in [0.29, 0.717) is 4.75 Å². The highest BCUT2D eigenvalue weighted by molar-refractivity contribution is 14.0. The van der Waals surface area contributed by atoms with E-state index < -0.39 is 0 Å². The SMILES string of the molecule is CCNC(=NCC1(C)CCCS1)NCCc1c(C)noc1C.I. The summed E-state index contributed by atoms with van der Waals surface area (Å²) in [5, 5.41) is 10.7. The molecule has 1 aromatic rings. The van der Waals surface area contributed by atoms with Crippen molar-refractivity contribution >= 4 is 41.7 Å². The van der Waals surface area contributed by atoms with Crippen LogP contribution in [0.15, 0.2) is 9.52 Å². The van der Waals surface area contributed by atoms with Crippen molar-refractivity contribution in [2.45, 2.75) is 51.7 Å². The second-order valence-corrected chi connectivity index (χ2v) is 7.76. The summed E-state index contributed by atoms with van der Waals surface area (Å²) < 4.78 is 5.51. The standard InChI is InChI=1S/C16H28N4OS.HI/c1-5-17-15(19-11-16(4)8-6-10-22-16)18-9-7-14-12(2)20-21-13(14)3;/h5-11H2,1-4H3,(H2,17,18,19);1H. The minimum Gasteiger partial charge on any atom is -0.361 e. The van der Waals surface area contributed by atoms with Gasteiger partial charge in [-0.05, 0) is 52.7 Å². The Bertz CT molecular complexity index is 493. The van der Waals surface area contributed by atoms with Gasteiger partial charge in [0.15, 0.2) is 5.96 Å². The number of rotatable bonds is 6. The third-order valence-electron chi connectivity index (χ3n) is 4.06. The summed E-state index contributed by atoms with van der Waals surface area (Å²) in [6, 6.07) is 0. The van der Waals surface area contributed by atoms with Crippen LogP contribution in [0.2, 0.25) is 0 Å². The molecule has 2 N–H and O–H groups in total. The van der Waals surface area contributed by atoms with E-state index in [9.17, 15) is 0 Å². The van der Waals surface area contributed by atoms with Gasteiger partial charge in [-0.2, -0.15) is 11.8 Å². The predicted octanol–water partition coefficient (Wildman–Crippen LogP) is 3.29. The molecule has 23 heavy (non-hydrogen) atoms. The lowest BCUT2D eigenvalue weighted by Gasteiger charge is -2.21. The van der Waals surface area contributed by atoms with E-state index in [2.05, 4.69) is 29.6 Å². The summed E-state index contributed by atoms with van der Waals surface area (Å²) in [6.07, 6.45) is 3.48. The summed E-state index contributed by atoms with van der Waals surface area (Å²) in [4.78, 5) is 4.77. The van der Waals surface area contributed by atoms with E-state index in [0.717, 1.165) is 43.5 Å². The molecule has 0 radical (unpaired) electrons. The molecule has 0 aliphatic carbocycles. The fraction of sp³-hybridized carbons (Fsp3) is 0.750. The highest BCUT2D eigenvalue weighted by atomic mass is 127. The molecule has 1 fully saturated rings. The van der Waals surface area contributed by atoms with Gasteiger partial charge in [0.2, 0.25) is 0 Å². The lowest BCUT2D eigenvalue weighted by Crippen LogP contribution is -2.39. The molecular formula is C16H29IN4OS. The van der Waals surface area contributed by atoms with Crippen molar-refractivity contribution in [2.75, 3.05) is 25.4 Å². The van der Waals surface area contributed by atoms with Crippen LogP contribution < -0.4 is 10.6 Å². The molecule has 0 saturated carbocycles. The van der Waals surface area contributed by atoms with Gasteiger partial charge in [-0.15, -0.1) is 24.0 Å². The first-order valence-corrected chi connectivity index (χ1v) is 9.10. The van der Waals surface area contributed by atoms with Crippen LogP contribution in [0.5, 0.6) is 0 Å². The Labute approximate surface area is 160 Å². The maximum Gasteiger partial charge on any atom is 0.191 e. The Hall–Kier alpha value is -0.440. The monoisotopic (exact) mass is 452 g/mol. The van der Waals surface area contributed by atoms with Crippen LogP contribution in [0.4, 0.5) is 0 Å². The Balaban J connectivity index is 0.00000264. The zero-order chi connectivity index (χ0) is 16.0. The molecule has 2 heterocycles. The summed E-state index contributed by atoms with van der Waals surface area (Å²) in [5.74, 6) is 3.08. The number of aryl methyl sites for hydroxylation is 2. The van der Waals surface area contributed by atoms with Crippen molar-refractivity contribution < 1.29 is 4.52 Å². The molecule has 1 aromatic heterocycles. The predicted molar refractivity (Wildman–Crippen MR) is 109 cm³/mol. The topological polar surface area (TPSA) is 62.5 Å². The van der Waals surface area contributed by atoms with Gasteiger partial charge in [-0.1, -0.05) is 5.16 Å². The largest absolute Gasteiger partial charge is 0.361 e. The van der Waals surface area contributed by atoms with Gasteiger partial charge >= 0.3 is 0 Å². The molecule has 1 aliphatic heterocycles. The Morgan fingerprint density at radius 1 is 1.39 bits per heavy atom. The van der Waals surface area contributed by atoms with Crippen LogP contribution in [0.1, 0.15) is 43.7 Å². The minimum absolute atomic E-state index is 0.